The van der Waals surface area contributed by atoms with Crippen molar-refractivity contribution in [3.63, 3.8) is 0 Å². The lowest BCUT2D eigenvalue weighted by atomic mass is 9.99. The van der Waals surface area contributed by atoms with Crippen LogP contribution in [0.2, 0.25) is 0 Å². The lowest BCUT2D eigenvalue weighted by Gasteiger charge is -2.29. The lowest BCUT2D eigenvalue weighted by Crippen LogP contribution is -2.46. The van der Waals surface area contributed by atoms with Crippen molar-refractivity contribution in [2.24, 2.45) is 5.92 Å². The summed E-state index contributed by atoms with van der Waals surface area (Å²) in [7, 11) is 0. The van der Waals surface area contributed by atoms with E-state index in [2.05, 4.69) is 16.9 Å². The quantitative estimate of drug-likeness (QED) is 0.765. The molecule has 0 aromatic carbocycles. The average molecular weight is 242 g/mol. The van der Waals surface area contributed by atoms with Gasteiger partial charge in [-0.15, -0.1) is 0 Å². The SMILES string of the molecule is CSC1(CNC(=O)CC2CNC2)CCCC1. The van der Waals surface area contributed by atoms with Gasteiger partial charge in [0.15, 0.2) is 0 Å². The highest BCUT2D eigenvalue weighted by Crippen LogP contribution is 2.39. The third kappa shape index (κ3) is 2.92. The summed E-state index contributed by atoms with van der Waals surface area (Å²) in [6.07, 6.45) is 8.05. The van der Waals surface area contributed by atoms with Crippen molar-refractivity contribution in [2.45, 2.75) is 36.9 Å². The average Bonchev–Trinajstić information content (AvgIpc) is 2.70. The molecule has 0 aromatic heterocycles. The van der Waals surface area contributed by atoms with Gasteiger partial charge in [0.2, 0.25) is 5.91 Å². The molecule has 0 atom stereocenters. The fourth-order valence-electron chi connectivity index (χ4n) is 2.56. The van der Waals surface area contributed by atoms with Crippen LogP contribution in [-0.4, -0.2) is 36.5 Å². The van der Waals surface area contributed by atoms with Gasteiger partial charge in [0.1, 0.15) is 0 Å². The van der Waals surface area contributed by atoms with Gasteiger partial charge in [-0.05, 0) is 38.1 Å². The van der Waals surface area contributed by atoms with Crippen LogP contribution in [-0.2, 0) is 4.79 Å². The molecule has 3 nitrogen and oxygen atoms in total. The number of hydrogen-bond donors (Lipinski definition) is 2. The molecule has 1 heterocycles. The maximum absolute atomic E-state index is 11.7. The molecule has 0 bridgehead atoms. The van der Waals surface area contributed by atoms with Crippen LogP contribution in [0.15, 0.2) is 0 Å². The molecule has 4 heteroatoms. The summed E-state index contributed by atoms with van der Waals surface area (Å²) in [5.41, 5.74) is 0. The molecule has 1 aliphatic heterocycles. The number of carbonyl (C=O) groups excluding carboxylic acids is 1. The van der Waals surface area contributed by atoms with Crippen LogP contribution in [0.4, 0.5) is 0 Å². The Labute approximate surface area is 102 Å². The number of hydrogen-bond acceptors (Lipinski definition) is 3. The van der Waals surface area contributed by atoms with E-state index in [0.717, 1.165) is 19.6 Å². The number of nitrogens with one attached hydrogen (secondary N) is 2. The number of carbonyl (C=O) groups is 1. The first kappa shape index (κ1) is 12.2. The molecule has 1 amide bonds. The van der Waals surface area contributed by atoms with Gasteiger partial charge < -0.3 is 10.6 Å². The van der Waals surface area contributed by atoms with Crippen LogP contribution in [0.25, 0.3) is 0 Å². The fourth-order valence-corrected chi connectivity index (χ4v) is 3.47. The van der Waals surface area contributed by atoms with E-state index in [1.54, 1.807) is 0 Å². The minimum absolute atomic E-state index is 0.242. The molecule has 1 saturated carbocycles. The normalized spacial score (nSPS) is 24.1. The van der Waals surface area contributed by atoms with Crippen LogP contribution < -0.4 is 10.6 Å². The molecule has 92 valence electrons. The van der Waals surface area contributed by atoms with Crippen molar-refractivity contribution in [1.82, 2.24) is 10.6 Å². The van der Waals surface area contributed by atoms with E-state index in [-0.39, 0.29) is 5.91 Å². The molecule has 2 rings (SSSR count). The topological polar surface area (TPSA) is 41.1 Å². The lowest BCUT2D eigenvalue weighted by molar-refractivity contribution is -0.122. The van der Waals surface area contributed by atoms with Gasteiger partial charge >= 0.3 is 0 Å². The van der Waals surface area contributed by atoms with Crippen LogP contribution in [0, 0.1) is 5.92 Å². The Morgan fingerprint density at radius 3 is 2.62 bits per heavy atom. The predicted molar refractivity (Wildman–Crippen MR) is 68.7 cm³/mol. The minimum Gasteiger partial charge on any atom is -0.355 e. The highest BCUT2D eigenvalue weighted by molar-refractivity contribution is 8.00. The summed E-state index contributed by atoms with van der Waals surface area (Å²) in [5, 5.41) is 6.33. The van der Waals surface area contributed by atoms with Crippen molar-refractivity contribution < 1.29 is 4.79 Å². The predicted octanol–water partition coefficient (Wildman–Crippen LogP) is 1.39. The Morgan fingerprint density at radius 1 is 1.44 bits per heavy atom. The van der Waals surface area contributed by atoms with Gasteiger partial charge in [-0.1, -0.05) is 12.8 Å². The molecule has 0 spiro atoms. The summed E-state index contributed by atoms with van der Waals surface area (Å²) in [4.78, 5) is 11.7. The van der Waals surface area contributed by atoms with Crippen molar-refractivity contribution in [3.8, 4) is 0 Å². The molecule has 2 fully saturated rings. The fraction of sp³-hybridized carbons (Fsp3) is 0.917. The second-order valence-electron chi connectivity index (χ2n) is 5.10. The molecule has 1 saturated heterocycles. The maximum atomic E-state index is 11.7. The molecule has 0 radical (unpaired) electrons. The first-order valence-corrected chi connectivity index (χ1v) is 7.49. The molecule has 0 aromatic rings. The highest BCUT2D eigenvalue weighted by atomic mass is 32.2. The summed E-state index contributed by atoms with van der Waals surface area (Å²) in [5.74, 6) is 0.820. The Bertz CT molecular complexity index is 247. The largest absolute Gasteiger partial charge is 0.355 e. The van der Waals surface area contributed by atoms with Crippen molar-refractivity contribution in [3.05, 3.63) is 0 Å². The number of thioether (sulfide) groups is 1. The van der Waals surface area contributed by atoms with Gasteiger partial charge in [0.25, 0.3) is 0 Å². The van der Waals surface area contributed by atoms with E-state index >= 15 is 0 Å². The Kier molecular flexibility index (Phi) is 4.14. The van der Waals surface area contributed by atoms with Gasteiger partial charge in [0.05, 0.1) is 0 Å². The molecule has 2 N–H and O–H groups in total. The molecular formula is C12H22N2OS. The zero-order valence-electron chi connectivity index (χ0n) is 10.1. The van der Waals surface area contributed by atoms with E-state index in [1.165, 1.54) is 25.7 Å². The van der Waals surface area contributed by atoms with Gasteiger partial charge in [-0.25, -0.2) is 0 Å². The first-order chi connectivity index (χ1) is 7.74. The first-order valence-electron chi connectivity index (χ1n) is 6.27. The van der Waals surface area contributed by atoms with Crippen molar-refractivity contribution in [1.29, 1.82) is 0 Å². The zero-order valence-corrected chi connectivity index (χ0v) is 10.9. The van der Waals surface area contributed by atoms with E-state index in [1.807, 2.05) is 11.8 Å². The van der Waals surface area contributed by atoms with Crippen LogP contribution in [0.3, 0.4) is 0 Å². The summed E-state index contributed by atoms with van der Waals surface area (Å²) in [6, 6.07) is 0. The standard InChI is InChI=1S/C12H22N2OS/c1-16-12(4-2-3-5-12)9-14-11(15)6-10-7-13-8-10/h10,13H,2-9H2,1H3,(H,14,15). The molecule has 1 aliphatic carbocycles. The van der Waals surface area contributed by atoms with E-state index < -0.39 is 0 Å². The van der Waals surface area contributed by atoms with E-state index in [4.69, 9.17) is 0 Å². The Balaban J connectivity index is 1.70. The second kappa shape index (κ2) is 5.41. The summed E-state index contributed by atoms with van der Waals surface area (Å²) < 4.78 is 0.341. The Morgan fingerprint density at radius 2 is 2.12 bits per heavy atom. The smallest absolute Gasteiger partial charge is 0.220 e. The number of amides is 1. The van der Waals surface area contributed by atoms with Crippen molar-refractivity contribution >= 4 is 17.7 Å². The van der Waals surface area contributed by atoms with Gasteiger partial charge in [0, 0.05) is 17.7 Å². The molecule has 0 unspecified atom stereocenters. The van der Waals surface area contributed by atoms with Crippen molar-refractivity contribution in [2.75, 3.05) is 25.9 Å². The van der Waals surface area contributed by atoms with Gasteiger partial charge in [-0.3, -0.25) is 4.79 Å². The van der Waals surface area contributed by atoms with Crippen LogP contribution in [0.1, 0.15) is 32.1 Å². The molecular weight excluding hydrogens is 220 g/mol. The third-order valence-electron chi connectivity index (χ3n) is 3.90. The number of rotatable bonds is 5. The third-order valence-corrected chi connectivity index (χ3v) is 5.31. The highest BCUT2D eigenvalue weighted by Gasteiger charge is 2.33. The maximum Gasteiger partial charge on any atom is 0.220 e. The zero-order chi connectivity index (χ0) is 11.4. The monoisotopic (exact) mass is 242 g/mol. The Hall–Kier alpha value is -0.220. The summed E-state index contributed by atoms with van der Waals surface area (Å²) in [6.45, 7) is 2.90. The molecule has 2 aliphatic rings. The summed E-state index contributed by atoms with van der Waals surface area (Å²) >= 11 is 1.93. The van der Waals surface area contributed by atoms with Crippen LogP contribution >= 0.6 is 11.8 Å². The van der Waals surface area contributed by atoms with Crippen LogP contribution in [0.5, 0.6) is 0 Å². The molecule has 16 heavy (non-hydrogen) atoms. The van der Waals surface area contributed by atoms with E-state index in [9.17, 15) is 4.79 Å². The van der Waals surface area contributed by atoms with E-state index in [0.29, 0.717) is 17.1 Å². The van der Waals surface area contributed by atoms with Gasteiger partial charge in [-0.2, -0.15) is 11.8 Å². The minimum atomic E-state index is 0.242. The second-order valence-corrected chi connectivity index (χ2v) is 6.37.